The summed E-state index contributed by atoms with van der Waals surface area (Å²) in [7, 11) is 1.35. The van der Waals surface area contributed by atoms with Gasteiger partial charge in [-0.05, 0) is 48.2 Å². The van der Waals surface area contributed by atoms with Crippen LogP contribution in [0.1, 0.15) is 39.9 Å². The summed E-state index contributed by atoms with van der Waals surface area (Å²) in [5, 5.41) is 6.16. The van der Waals surface area contributed by atoms with Crippen molar-refractivity contribution in [3.63, 3.8) is 0 Å². The Morgan fingerprint density at radius 1 is 0.762 bits per heavy atom. The second-order valence-corrected chi connectivity index (χ2v) is 9.85. The second-order valence-electron chi connectivity index (χ2n) is 9.85. The zero-order valence-corrected chi connectivity index (χ0v) is 23.8. The van der Waals surface area contributed by atoms with Gasteiger partial charge in [0.2, 0.25) is 5.91 Å². The zero-order chi connectivity index (χ0) is 29.6. The van der Waals surface area contributed by atoms with Gasteiger partial charge in [0.25, 0.3) is 0 Å². The Morgan fingerprint density at radius 3 is 2.14 bits per heavy atom. The summed E-state index contributed by atoms with van der Waals surface area (Å²) < 4.78 is 10.9. The fourth-order valence-corrected chi connectivity index (χ4v) is 4.51. The predicted molar refractivity (Wildman–Crippen MR) is 164 cm³/mol. The molecule has 0 saturated carbocycles. The van der Waals surface area contributed by atoms with Gasteiger partial charge in [-0.2, -0.15) is 0 Å². The molecule has 1 unspecified atom stereocenters. The van der Waals surface area contributed by atoms with Crippen LogP contribution in [0.2, 0.25) is 0 Å². The maximum atomic E-state index is 13.1. The molecule has 7 heteroatoms. The number of rotatable bonds is 15. The summed E-state index contributed by atoms with van der Waals surface area (Å²) in [6, 6.07) is 33.0. The number of nitrogens with one attached hydrogen (secondary N) is 2. The minimum absolute atomic E-state index is 0.0315. The molecule has 2 N–H and O–H groups in total. The van der Waals surface area contributed by atoms with E-state index in [1.807, 2.05) is 78.9 Å². The van der Waals surface area contributed by atoms with E-state index in [0.29, 0.717) is 55.0 Å². The topological polar surface area (TPSA) is 93.7 Å². The Hall–Kier alpha value is -4.91. The largest absolute Gasteiger partial charge is 0.494 e. The third-order valence-electron chi connectivity index (χ3n) is 6.78. The molecule has 0 aromatic heterocycles. The van der Waals surface area contributed by atoms with Gasteiger partial charge in [0.15, 0.2) is 5.78 Å². The molecule has 0 radical (unpaired) electrons. The molecule has 4 aromatic carbocycles. The van der Waals surface area contributed by atoms with Crippen LogP contribution in [-0.4, -0.2) is 44.0 Å². The number of ether oxygens (including phenoxy) is 2. The number of anilines is 1. The molecule has 0 bridgehead atoms. The molecule has 4 aromatic rings. The van der Waals surface area contributed by atoms with Gasteiger partial charge in [-0.15, -0.1) is 0 Å². The SMILES string of the molecule is COC(=O)C(Cc1ccc(OCCCNC(=O)CCc2ccccc2)cc1)Nc1ccccc1C(=O)c1ccccc1. The summed E-state index contributed by atoms with van der Waals surface area (Å²) in [5.41, 5.74) is 3.67. The summed E-state index contributed by atoms with van der Waals surface area (Å²) in [4.78, 5) is 37.9. The Balaban J connectivity index is 1.26. The Labute approximate surface area is 246 Å². The highest BCUT2D eigenvalue weighted by atomic mass is 16.5. The lowest BCUT2D eigenvalue weighted by Crippen LogP contribution is -2.33. The van der Waals surface area contributed by atoms with Gasteiger partial charge in [0.1, 0.15) is 11.8 Å². The second kappa shape index (κ2) is 15.8. The third kappa shape index (κ3) is 9.06. The van der Waals surface area contributed by atoms with Crippen LogP contribution in [0.15, 0.2) is 109 Å². The molecular weight excluding hydrogens is 528 g/mol. The van der Waals surface area contributed by atoms with Crippen molar-refractivity contribution in [2.45, 2.75) is 31.7 Å². The van der Waals surface area contributed by atoms with Crippen LogP contribution >= 0.6 is 0 Å². The highest BCUT2D eigenvalue weighted by Crippen LogP contribution is 2.22. The van der Waals surface area contributed by atoms with E-state index in [2.05, 4.69) is 10.6 Å². The fourth-order valence-electron chi connectivity index (χ4n) is 4.51. The lowest BCUT2D eigenvalue weighted by molar-refractivity contribution is -0.141. The van der Waals surface area contributed by atoms with Gasteiger partial charge in [-0.25, -0.2) is 4.79 Å². The number of carbonyl (C=O) groups excluding carboxylic acids is 3. The minimum atomic E-state index is -0.697. The molecule has 0 aliphatic carbocycles. The van der Waals surface area contributed by atoms with Gasteiger partial charge in [-0.3, -0.25) is 9.59 Å². The molecule has 0 heterocycles. The molecule has 1 atom stereocenters. The molecule has 216 valence electrons. The van der Waals surface area contributed by atoms with E-state index in [0.717, 1.165) is 17.5 Å². The van der Waals surface area contributed by atoms with Crippen LogP contribution in [0.5, 0.6) is 5.75 Å². The van der Waals surface area contributed by atoms with E-state index < -0.39 is 12.0 Å². The predicted octanol–water partition coefficient (Wildman–Crippen LogP) is 5.63. The van der Waals surface area contributed by atoms with Crippen LogP contribution in [0.4, 0.5) is 5.69 Å². The van der Waals surface area contributed by atoms with E-state index in [1.54, 1.807) is 30.3 Å². The van der Waals surface area contributed by atoms with Gasteiger partial charge < -0.3 is 20.1 Å². The van der Waals surface area contributed by atoms with Crippen molar-refractivity contribution in [2.24, 2.45) is 0 Å². The van der Waals surface area contributed by atoms with E-state index in [-0.39, 0.29) is 11.7 Å². The summed E-state index contributed by atoms with van der Waals surface area (Å²) in [6.45, 7) is 1.02. The number of para-hydroxylation sites is 1. The molecular formula is C35H36N2O5. The maximum Gasteiger partial charge on any atom is 0.328 e. The average molecular weight is 565 g/mol. The fraction of sp³-hybridized carbons (Fsp3) is 0.229. The number of hydrogen-bond acceptors (Lipinski definition) is 6. The number of ketones is 1. The van der Waals surface area contributed by atoms with Crippen molar-refractivity contribution in [1.29, 1.82) is 0 Å². The quantitative estimate of drug-likeness (QED) is 0.110. The first-order valence-corrected chi connectivity index (χ1v) is 14.1. The highest BCUT2D eigenvalue weighted by molar-refractivity contribution is 6.12. The molecule has 7 nitrogen and oxygen atoms in total. The van der Waals surface area contributed by atoms with Crippen LogP contribution in [0.3, 0.4) is 0 Å². The molecule has 0 fully saturated rings. The van der Waals surface area contributed by atoms with Crippen molar-refractivity contribution < 1.29 is 23.9 Å². The van der Waals surface area contributed by atoms with Gasteiger partial charge in [0, 0.05) is 36.2 Å². The third-order valence-corrected chi connectivity index (χ3v) is 6.78. The van der Waals surface area contributed by atoms with Crippen molar-refractivity contribution in [3.05, 3.63) is 131 Å². The van der Waals surface area contributed by atoms with Crippen molar-refractivity contribution >= 4 is 23.3 Å². The Kier molecular flexibility index (Phi) is 11.3. The van der Waals surface area contributed by atoms with Crippen molar-refractivity contribution in [3.8, 4) is 5.75 Å². The van der Waals surface area contributed by atoms with E-state index in [1.165, 1.54) is 7.11 Å². The van der Waals surface area contributed by atoms with Crippen LogP contribution < -0.4 is 15.4 Å². The standard InChI is InChI=1S/C35H36N2O5/c1-41-35(40)32(37-31-16-9-8-15-30(31)34(39)28-13-6-3-7-14-28)25-27-17-20-29(21-18-27)42-24-10-23-36-33(38)22-19-26-11-4-2-5-12-26/h2-9,11-18,20-21,32,37H,10,19,22-25H2,1H3,(H,36,38). The van der Waals surface area contributed by atoms with Gasteiger partial charge in [-0.1, -0.05) is 84.9 Å². The minimum Gasteiger partial charge on any atom is -0.494 e. The Morgan fingerprint density at radius 2 is 1.43 bits per heavy atom. The van der Waals surface area contributed by atoms with Crippen LogP contribution in [-0.2, 0) is 27.2 Å². The normalized spacial score (nSPS) is 11.3. The van der Waals surface area contributed by atoms with Crippen molar-refractivity contribution in [1.82, 2.24) is 5.32 Å². The van der Waals surface area contributed by atoms with Gasteiger partial charge >= 0.3 is 5.97 Å². The molecule has 0 aliphatic heterocycles. The first-order chi connectivity index (χ1) is 20.5. The van der Waals surface area contributed by atoms with Crippen LogP contribution in [0.25, 0.3) is 0 Å². The highest BCUT2D eigenvalue weighted by Gasteiger charge is 2.22. The van der Waals surface area contributed by atoms with Crippen LogP contribution in [0, 0.1) is 0 Å². The van der Waals surface area contributed by atoms with Crippen molar-refractivity contribution in [2.75, 3.05) is 25.6 Å². The first kappa shape index (κ1) is 30.1. The summed E-state index contributed by atoms with van der Waals surface area (Å²) in [6.07, 6.45) is 2.23. The number of esters is 1. The summed E-state index contributed by atoms with van der Waals surface area (Å²) >= 11 is 0. The number of benzene rings is 4. The van der Waals surface area contributed by atoms with E-state index >= 15 is 0 Å². The molecule has 4 rings (SSSR count). The lowest BCUT2D eigenvalue weighted by Gasteiger charge is -2.20. The molecule has 1 amide bonds. The number of aryl methyl sites for hydroxylation is 1. The van der Waals surface area contributed by atoms with E-state index in [4.69, 9.17) is 9.47 Å². The first-order valence-electron chi connectivity index (χ1n) is 14.1. The number of amides is 1. The van der Waals surface area contributed by atoms with E-state index in [9.17, 15) is 14.4 Å². The number of hydrogen-bond donors (Lipinski definition) is 2. The molecule has 0 spiro atoms. The lowest BCUT2D eigenvalue weighted by atomic mass is 10.00. The molecule has 0 aliphatic rings. The Bertz CT molecular complexity index is 1440. The number of methoxy groups -OCH3 is 1. The monoisotopic (exact) mass is 564 g/mol. The molecule has 0 saturated heterocycles. The number of carbonyl (C=O) groups is 3. The van der Waals surface area contributed by atoms with Gasteiger partial charge in [0.05, 0.1) is 13.7 Å². The summed E-state index contributed by atoms with van der Waals surface area (Å²) in [5.74, 6) is 0.179. The maximum absolute atomic E-state index is 13.1. The average Bonchev–Trinajstić information content (AvgIpc) is 3.04. The smallest absolute Gasteiger partial charge is 0.328 e. The molecule has 42 heavy (non-hydrogen) atoms. The zero-order valence-electron chi connectivity index (χ0n) is 23.8.